The summed E-state index contributed by atoms with van der Waals surface area (Å²) in [4.78, 5) is 32.2. The minimum absolute atomic E-state index is 0.00505. The summed E-state index contributed by atoms with van der Waals surface area (Å²) in [6.07, 6.45) is 7.83. The highest BCUT2D eigenvalue weighted by Gasteiger charge is 2.75. The summed E-state index contributed by atoms with van der Waals surface area (Å²) in [7, 11) is 0. The van der Waals surface area contributed by atoms with Crippen molar-refractivity contribution in [1.29, 1.82) is 0 Å². The summed E-state index contributed by atoms with van der Waals surface area (Å²) in [6, 6.07) is 10.1. The van der Waals surface area contributed by atoms with Crippen LogP contribution in [0, 0.1) is 34.5 Å². The molecule has 35 heavy (non-hydrogen) atoms. The number of Topliss-reactive ketones (excluding diaryl/α,β-unsaturated/α-hetero) is 1. The second kappa shape index (κ2) is 7.94. The lowest BCUT2D eigenvalue weighted by molar-refractivity contribution is -0.254. The van der Waals surface area contributed by atoms with Crippen LogP contribution in [-0.4, -0.2) is 51.7 Å². The second-order valence-corrected chi connectivity index (χ2v) is 11.9. The predicted molar refractivity (Wildman–Crippen MR) is 130 cm³/mol. The van der Waals surface area contributed by atoms with Gasteiger partial charge in [0, 0.05) is 35.8 Å². The van der Waals surface area contributed by atoms with E-state index in [4.69, 9.17) is 4.84 Å². The molecule has 0 amide bonds. The van der Waals surface area contributed by atoms with E-state index >= 15 is 0 Å². The molecule has 1 aliphatic heterocycles. The maximum Gasteiger partial charge on any atom is 0.192 e. The average Bonchev–Trinajstić information content (AvgIpc) is 3.31. The molecule has 3 saturated carbocycles. The highest BCUT2D eigenvalue weighted by molar-refractivity contribution is 6.01. The van der Waals surface area contributed by atoms with Gasteiger partial charge < -0.3 is 10.2 Å². The Balaban J connectivity index is 1.36. The Bertz CT molecular complexity index is 1110. The normalized spacial score (nSPS) is 44.3. The summed E-state index contributed by atoms with van der Waals surface area (Å²) in [5.74, 6) is 0.175. The quantitative estimate of drug-likeness (QED) is 0.693. The largest absolute Gasteiger partial charge is 0.393 e. The lowest BCUT2D eigenvalue weighted by atomic mass is 9.46. The van der Waals surface area contributed by atoms with Gasteiger partial charge in [0.1, 0.15) is 6.61 Å². The average molecular weight is 478 g/mol. The number of rotatable bonds is 4. The molecular weight excluding hydrogens is 442 g/mol. The van der Waals surface area contributed by atoms with E-state index in [0.29, 0.717) is 19.5 Å². The van der Waals surface area contributed by atoms with Crippen LogP contribution in [0.1, 0.15) is 45.1 Å². The molecule has 1 aromatic rings. The summed E-state index contributed by atoms with van der Waals surface area (Å²) >= 11 is 0. The van der Waals surface area contributed by atoms with Crippen molar-refractivity contribution < 1.29 is 24.6 Å². The number of carbonyl (C=O) groups excluding carboxylic acids is 2. The fraction of sp³-hybridized carbons (Fsp3) is 0.586. The number of carbonyl (C=O) groups is 2. The number of fused-ring (bicyclic) bond motifs is 7. The number of benzene rings is 1. The van der Waals surface area contributed by atoms with Gasteiger partial charge in [-0.1, -0.05) is 55.8 Å². The van der Waals surface area contributed by atoms with E-state index < -0.39 is 23.7 Å². The van der Waals surface area contributed by atoms with Gasteiger partial charge >= 0.3 is 0 Å². The van der Waals surface area contributed by atoms with Crippen molar-refractivity contribution in [3.05, 3.63) is 59.7 Å². The lowest BCUT2D eigenvalue weighted by Gasteiger charge is -2.59. The van der Waals surface area contributed by atoms with Crippen molar-refractivity contribution in [2.45, 2.75) is 57.8 Å². The monoisotopic (exact) mass is 477 g/mol. The van der Waals surface area contributed by atoms with Crippen molar-refractivity contribution in [1.82, 2.24) is 5.06 Å². The third kappa shape index (κ3) is 3.10. The van der Waals surface area contributed by atoms with Gasteiger partial charge in [-0.25, -0.2) is 0 Å². The van der Waals surface area contributed by atoms with Gasteiger partial charge in [-0.15, -0.1) is 0 Å². The van der Waals surface area contributed by atoms with E-state index in [1.807, 2.05) is 41.5 Å². The van der Waals surface area contributed by atoms with E-state index in [9.17, 15) is 19.8 Å². The van der Waals surface area contributed by atoms with Crippen LogP contribution in [0.15, 0.2) is 54.1 Å². The van der Waals surface area contributed by atoms with Gasteiger partial charge in [0.05, 0.1) is 6.10 Å². The van der Waals surface area contributed by atoms with Crippen LogP contribution in [-0.2, 0) is 21.0 Å². The smallest absolute Gasteiger partial charge is 0.192 e. The summed E-state index contributed by atoms with van der Waals surface area (Å²) in [5, 5.41) is 23.7. The second-order valence-electron chi connectivity index (χ2n) is 11.9. The van der Waals surface area contributed by atoms with Crippen molar-refractivity contribution >= 4 is 11.6 Å². The summed E-state index contributed by atoms with van der Waals surface area (Å²) in [5.41, 5.74) is 0.197. The van der Waals surface area contributed by atoms with Crippen molar-refractivity contribution in [3.63, 3.8) is 0 Å². The fourth-order valence-corrected chi connectivity index (χ4v) is 8.94. The molecule has 1 aromatic carbocycles. The Labute approximate surface area is 206 Å². The number of hydroxylamine groups is 2. The Hall–Kier alpha value is -2.12. The first-order valence-corrected chi connectivity index (χ1v) is 13.0. The summed E-state index contributed by atoms with van der Waals surface area (Å²) in [6.45, 7) is 4.93. The standard InChI is InChI=1S/C29H35NO5/c1-27-11-10-21(32)12-19(27)8-9-22-23-13-20-16-30(15-18-6-4-3-5-7-18)35-29(20,25(34)17-31)28(23,2)14-24(33)26(22)27/h3-7,10-12,20,22-24,26,31,33H,8-9,13-17H2,1-2H3. The van der Waals surface area contributed by atoms with E-state index in [-0.39, 0.29) is 40.7 Å². The number of hydrogen-bond acceptors (Lipinski definition) is 6. The fourth-order valence-electron chi connectivity index (χ4n) is 8.94. The molecule has 1 saturated heterocycles. The molecule has 5 aliphatic rings. The number of ketones is 2. The zero-order chi connectivity index (χ0) is 24.6. The molecular formula is C29H35NO5. The number of nitrogens with zero attached hydrogens (tertiary/aromatic N) is 1. The number of hydrogen-bond donors (Lipinski definition) is 2. The predicted octanol–water partition coefficient (Wildman–Crippen LogP) is 3.24. The van der Waals surface area contributed by atoms with Crippen molar-refractivity contribution in [2.75, 3.05) is 13.2 Å². The first-order valence-electron chi connectivity index (χ1n) is 13.0. The molecule has 6 rings (SSSR count). The Morgan fingerprint density at radius 1 is 1.23 bits per heavy atom. The van der Waals surface area contributed by atoms with Gasteiger partial charge in [0.15, 0.2) is 17.2 Å². The molecule has 2 N–H and O–H groups in total. The third-order valence-electron chi connectivity index (χ3n) is 10.3. The Morgan fingerprint density at radius 2 is 2.00 bits per heavy atom. The van der Waals surface area contributed by atoms with E-state index in [1.54, 1.807) is 12.2 Å². The van der Waals surface area contributed by atoms with Gasteiger partial charge in [-0.05, 0) is 55.2 Å². The highest BCUT2D eigenvalue weighted by atomic mass is 16.7. The molecule has 1 heterocycles. The molecule has 8 unspecified atom stereocenters. The molecule has 6 nitrogen and oxygen atoms in total. The van der Waals surface area contributed by atoms with Crippen molar-refractivity contribution in [2.24, 2.45) is 34.5 Å². The maximum atomic E-state index is 13.5. The molecule has 0 radical (unpaired) electrons. The zero-order valence-corrected chi connectivity index (χ0v) is 20.5. The molecule has 186 valence electrons. The molecule has 0 aromatic heterocycles. The Kier molecular flexibility index (Phi) is 5.28. The van der Waals surface area contributed by atoms with Crippen molar-refractivity contribution in [3.8, 4) is 0 Å². The first-order chi connectivity index (χ1) is 16.7. The van der Waals surface area contributed by atoms with Crippen LogP contribution in [0.25, 0.3) is 0 Å². The SMILES string of the molecule is CC12C=CC(=O)C=C1CCC1C2C(O)CC2(C)C1CC1CN(Cc3ccccc3)OC12C(=O)CO. The highest BCUT2D eigenvalue weighted by Crippen LogP contribution is 2.70. The van der Waals surface area contributed by atoms with Gasteiger partial charge in [0.2, 0.25) is 0 Å². The molecule has 8 atom stereocenters. The van der Waals surface area contributed by atoms with Crippen LogP contribution in [0.5, 0.6) is 0 Å². The van der Waals surface area contributed by atoms with Gasteiger partial charge in [-0.3, -0.25) is 14.4 Å². The maximum absolute atomic E-state index is 13.5. The molecule has 6 heteroatoms. The van der Waals surface area contributed by atoms with E-state index in [0.717, 1.165) is 30.4 Å². The number of allylic oxidation sites excluding steroid dienone is 4. The number of aliphatic hydroxyl groups is 2. The van der Waals surface area contributed by atoms with Crippen LogP contribution in [0.4, 0.5) is 0 Å². The van der Waals surface area contributed by atoms with E-state index in [2.05, 4.69) is 13.8 Å². The third-order valence-corrected chi connectivity index (χ3v) is 10.3. The first kappa shape index (κ1) is 23.3. The summed E-state index contributed by atoms with van der Waals surface area (Å²) < 4.78 is 0. The lowest BCUT2D eigenvalue weighted by Crippen LogP contribution is -2.63. The number of aliphatic hydroxyl groups excluding tert-OH is 2. The molecule has 4 aliphatic carbocycles. The minimum atomic E-state index is -1.12. The zero-order valence-electron chi connectivity index (χ0n) is 20.5. The van der Waals surface area contributed by atoms with Gasteiger partial charge in [0.25, 0.3) is 0 Å². The van der Waals surface area contributed by atoms with Crippen LogP contribution < -0.4 is 0 Å². The van der Waals surface area contributed by atoms with Gasteiger partial charge in [-0.2, -0.15) is 5.06 Å². The molecule has 0 spiro atoms. The van der Waals surface area contributed by atoms with Crippen LogP contribution in [0.3, 0.4) is 0 Å². The van der Waals surface area contributed by atoms with Crippen LogP contribution >= 0.6 is 0 Å². The molecule has 0 bridgehead atoms. The molecule has 4 fully saturated rings. The topological polar surface area (TPSA) is 87.1 Å². The van der Waals surface area contributed by atoms with Crippen LogP contribution in [0.2, 0.25) is 0 Å². The van der Waals surface area contributed by atoms with E-state index in [1.165, 1.54) is 0 Å². The Morgan fingerprint density at radius 3 is 2.74 bits per heavy atom. The minimum Gasteiger partial charge on any atom is -0.393 e.